The normalized spacial score (nSPS) is 12.0. The van der Waals surface area contributed by atoms with Crippen molar-refractivity contribution < 1.29 is 8.42 Å². The van der Waals surface area contributed by atoms with E-state index >= 15 is 0 Å². The van der Waals surface area contributed by atoms with Gasteiger partial charge in [-0.3, -0.25) is 0 Å². The third-order valence-corrected chi connectivity index (χ3v) is 4.35. The van der Waals surface area contributed by atoms with Crippen LogP contribution in [0.4, 0.5) is 0 Å². The first-order valence-corrected chi connectivity index (χ1v) is 8.88. The SMILES string of the molecule is CCCC(CCC)NCc1ccc(S(C)(=O)=O)cc1. The van der Waals surface area contributed by atoms with E-state index in [0.717, 1.165) is 12.1 Å². The van der Waals surface area contributed by atoms with E-state index in [1.807, 2.05) is 12.1 Å². The summed E-state index contributed by atoms with van der Waals surface area (Å²) in [5.74, 6) is 0. The summed E-state index contributed by atoms with van der Waals surface area (Å²) in [7, 11) is -3.09. The molecule has 3 nitrogen and oxygen atoms in total. The Balaban J connectivity index is 2.58. The van der Waals surface area contributed by atoms with Gasteiger partial charge in [0, 0.05) is 18.8 Å². The van der Waals surface area contributed by atoms with Crippen molar-refractivity contribution in [1.29, 1.82) is 0 Å². The van der Waals surface area contributed by atoms with Gasteiger partial charge in [0.2, 0.25) is 0 Å². The smallest absolute Gasteiger partial charge is 0.175 e. The first-order valence-electron chi connectivity index (χ1n) is 6.99. The molecule has 1 rings (SSSR count). The van der Waals surface area contributed by atoms with E-state index in [9.17, 15) is 8.42 Å². The Bertz CT molecular complexity index is 459. The number of nitrogens with one attached hydrogen (secondary N) is 1. The highest BCUT2D eigenvalue weighted by Crippen LogP contribution is 2.11. The minimum Gasteiger partial charge on any atom is -0.310 e. The standard InChI is InChI=1S/C15H25NO2S/c1-4-6-14(7-5-2)16-12-13-8-10-15(11-9-13)19(3,17)18/h8-11,14,16H,4-7,12H2,1-3H3. The van der Waals surface area contributed by atoms with Gasteiger partial charge in [0.25, 0.3) is 0 Å². The first kappa shape index (κ1) is 16.2. The maximum Gasteiger partial charge on any atom is 0.175 e. The lowest BCUT2D eigenvalue weighted by Crippen LogP contribution is -2.28. The highest BCUT2D eigenvalue weighted by Gasteiger charge is 2.08. The molecule has 0 aromatic heterocycles. The van der Waals surface area contributed by atoms with Crippen LogP contribution in [0.2, 0.25) is 0 Å². The fraction of sp³-hybridized carbons (Fsp3) is 0.600. The van der Waals surface area contributed by atoms with E-state index in [4.69, 9.17) is 0 Å². The van der Waals surface area contributed by atoms with Crippen molar-refractivity contribution >= 4 is 9.84 Å². The van der Waals surface area contributed by atoms with E-state index in [0.29, 0.717) is 10.9 Å². The Morgan fingerprint density at radius 1 is 1.05 bits per heavy atom. The van der Waals surface area contributed by atoms with E-state index in [1.165, 1.54) is 31.9 Å². The predicted molar refractivity (Wildman–Crippen MR) is 80.0 cm³/mol. The molecule has 0 spiro atoms. The molecule has 19 heavy (non-hydrogen) atoms. The topological polar surface area (TPSA) is 46.2 Å². The Morgan fingerprint density at radius 2 is 1.58 bits per heavy atom. The first-order chi connectivity index (χ1) is 8.97. The molecule has 0 amide bonds. The van der Waals surface area contributed by atoms with Gasteiger partial charge in [-0.1, -0.05) is 38.8 Å². The number of sulfone groups is 1. The van der Waals surface area contributed by atoms with Crippen LogP contribution in [-0.2, 0) is 16.4 Å². The Morgan fingerprint density at radius 3 is 2.00 bits per heavy atom. The molecule has 0 radical (unpaired) electrons. The largest absolute Gasteiger partial charge is 0.310 e. The fourth-order valence-electron chi connectivity index (χ4n) is 2.16. The molecule has 0 atom stereocenters. The molecule has 1 N–H and O–H groups in total. The van der Waals surface area contributed by atoms with Gasteiger partial charge in [0.05, 0.1) is 4.90 Å². The highest BCUT2D eigenvalue weighted by atomic mass is 32.2. The second kappa shape index (κ2) is 7.65. The van der Waals surface area contributed by atoms with E-state index in [2.05, 4.69) is 19.2 Å². The lowest BCUT2D eigenvalue weighted by molar-refractivity contribution is 0.443. The number of hydrogen-bond donors (Lipinski definition) is 1. The molecule has 4 heteroatoms. The minimum atomic E-state index is -3.09. The second-order valence-electron chi connectivity index (χ2n) is 5.07. The van der Waals surface area contributed by atoms with Crippen molar-refractivity contribution in [2.75, 3.05) is 6.26 Å². The summed E-state index contributed by atoms with van der Waals surface area (Å²) in [6.45, 7) is 5.20. The van der Waals surface area contributed by atoms with Crippen LogP contribution in [0.1, 0.15) is 45.1 Å². The maximum absolute atomic E-state index is 11.4. The summed E-state index contributed by atoms with van der Waals surface area (Å²) >= 11 is 0. The molecule has 0 heterocycles. The molecule has 0 fully saturated rings. The van der Waals surface area contributed by atoms with Crippen molar-refractivity contribution in [3.63, 3.8) is 0 Å². The van der Waals surface area contributed by atoms with Crippen molar-refractivity contribution in [1.82, 2.24) is 5.32 Å². The van der Waals surface area contributed by atoms with Crippen molar-refractivity contribution in [3.8, 4) is 0 Å². The van der Waals surface area contributed by atoms with Crippen LogP contribution < -0.4 is 5.32 Å². The molecule has 0 unspecified atom stereocenters. The Kier molecular flexibility index (Phi) is 6.52. The molecular weight excluding hydrogens is 258 g/mol. The lowest BCUT2D eigenvalue weighted by Gasteiger charge is -2.17. The highest BCUT2D eigenvalue weighted by molar-refractivity contribution is 7.90. The van der Waals surface area contributed by atoms with Crippen LogP contribution in [-0.4, -0.2) is 20.7 Å². The van der Waals surface area contributed by atoms with Gasteiger partial charge in [0.1, 0.15) is 0 Å². The third-order valence-electron chi connectivity index (χ3n) is 3.22. The van der Waals surface area contributed by atoms with Gasteiger partial charge < -0.3 is 5.32 Å². The van der Waals surface area contributed by atoms with Gasteiger partial charge in [0.15, 0.2) is 9.84 Å². The van der Waals surface area contributed by atoms with Gasteiger partial charge in [-0.2, -0.15) is 0 Å². The van der Waals surface area contributed by atoms with Crippen LogP contribution in [0.5, 0.6) is 0 Å². The van der Waals surface area contributed by atoms with Crippen molar-refractivity contribution in [2.45, 2.75) is 57.0 Å². The third kappa shape index (κ3) is 5.74. The van der Waals surface area contributed by atoms with Crippen LogP contribution in [0.3, 0.4) is 0 Å². The van der Waals surface area contributed by atoms with E-state index < -0.39 is 9.84 Å². The van der Waals surface area contributed by atoms with Crippen LogP contribution >= 0.6 is 0 Å². The van der Waals surface area contributed by atoms with Crippen LogP contribution in [0, 0.1) is 0 Å². The maximum atomic E-state index is 11.4. The average molecular weight is 283 g/mol. The number of benzene rings is 1. The predicted octanol–water partition coefficient (Wildman–Crippen LogP) is 3.15. The molecule has 0 saturated carbocycles. The zero-order valence-corrected chi connectivity index (χ0v) is 13.0. The summed E-state index contributed by atoms with van der Waals surface area (Å²) < 4.78 is 22.7. The summed E-state index contributed by atoms with van der Waals surface area (Å²) in [6, 6.07) is 7.70. The molecule has 108 valence electrons. The molecular formula is C15H25NO2S. The van der Waals surface area contributed by atoms with Crippen molar-refractivity contribution in [2.24, 2.45) is 0 Å². The van der Waals surface area contributed by atoms with Gasteiger partial charge in [-0.25, -0.2) is 8.42 Å². The van der Waals surface area contributed by atoms with Crippen LogP contribution in [0.15, 0.2) is 29.2 Å². The lowest BCUT2D eigenvalue weighted by atomic mass is 10.1. The molecule has 0 aliphatic rings. The second-order valence-corrected chi connectivity index (χ2v) is 7.09. The summed E-state index contributed by atoms with van der Waals surface area (Å²) in [6.07, 6.45) is 5.98. The van der Waals surface area contributed by atoms with E-state index in [-0.39, 0.29) is 0 Å². The fourth-order valence-corrected chi connectivity index (χ4v) is 2.79. The Labute approximate surface area is 117 Å². The average Bonchev–Trinajstić information content (AvgIpc) is 2.36. The van der Waals surface area contributed by atoms with Gasteiger partial charge in [-0.05, 0) is 30.5 Å². The van der Waals surface area contributed by atoms with E-state index in [1.54, 1.807) is 12.1 Å². The van der Waals surface area contributed by atoms with Gasteiger partial charge in [-0.15, -0.1) is 0 Å². The summed E-state index contributed by atoms with van der Waals surface area (Å²) in [5.41, 5.74) is 1.13. The molecule has 0 aliphatic heterocycles. The Hall–Kier alpha value is -0.870. The molecule has 0 saturated heterocycles. The van der Waals surface area contributed by atoms with Crippen LogP contribution in [0.25, 0.3) is 0 Å². The number of hydrogen-bond acceptors (Lipinski definition) is 3. The molecule has 1 aromatic rings. The molecule has 0 aliphatic carbocycles. The van der Waals surface area contributed by atoms with Crippen molar-refractivity contribution in [3.05, 3.63) is 29.8 Å². The monoisotopic (exact) mass is 283 g/mol. The molecule has 0 bridgehead atoms. The quantitative estimate of drug-likeness (QED) is 0.797. The summed E-state index contributed by atoms with van der Waals surface area (Å²) in [4.78, 5) is 0.384. The zero-order chi connectivity index (χ0) is 14.3. The number of rotatable bonds is 8. The van der Waals surface area contributed by atoms with Gasteiger partial charge >= 0.3 is 0 Å². The summed E-state index contributed by atoms with van der Waals surface area (Å²) in [5, 5.41) is 3.55. The minimum absolute atomic E-state index is 0.384. The zero-order valence-electron chi connectivity index (χ0n) is 12.1. The molecule has 1 aromatic carbocycles.